The number of hydrogen-bond acceptors (Lipinski definition) is 5. The smallest absolute Gasteiger partial charge is 0.316 e. The minimum Gasteiger partial charge on any atom is -0.468 e. The zero-order valence-electron chi connectivity index (χ0n) is 11.4. The maximum Gasteiger partial charge on any atom is 0.316 e. The first-order valence-electron chi connectivity index (χ1n) is 6.37. The Labute approximate surface area is 125 Å². The molecule has 0 atom stereocenters. The van der Waals surface area contributed by atoms with Crippen molar-refractivity contribution in [3.8, 4) is 11.4 Å². The number of carbonyl (C=O) groups excluding carboxylic acids is 1. The molecular weight excluding hydrogens is 286 g/mol. The number of imidazole rings is 1. The molecule has 0 spiro atoms. The van der Waals surface area contributed by atoms with Gasteiger partial charge in [0.25, 0.3) is 0 Å². The Bertz CT molecular complexity index is 735. The summed E-state index contributed by atoms with van der Waals surface area (Å²) in [4.78, 5) is 23.2. The zero-order valence-corrected chi connectivity index (χ0v) is 12.2. The fourth-order valence-electron chi connectivity index (χ4n) is 1.89. The molecule has 0 aliphatic rings. The van der Waals surface area contributed by atoms with Crippen molar-refractivity contribution in [3.05, 3.63) is 42.6 Å². The number of pyridine rings is 1. The van der Waals surface area contributed by atoms with Crippen molar-refractivity contribution in [1.82, 2.24) is 15.0 Å². The van der Waals surface area contributed by atoms with E-state index in [2.05, 4.69) is 19.7 Å². The molecule has 1 aromatic carbocycles. The zero-order chi connectivity index (χ0) is 14.7. The molecule has 0 fully saturated rings. The number of rotatable bonds is 4. The van der Waals surface area contributed by atoms with Crippen molar-refractivity contribution >= 4 is 28.8 Å². The number of aromatic nitrogens is 3. The van der Waals surface area contributed by atoms with Crippen LogP contribution in [0.2, 0.25) is 0 Å². The van der Waals surface area contributed by atoms with Crippen molar-refractivity contribution in [2.75, 3.05) is 12.9 Å². The second-order valence-electron chi connectivity index (χ2n) is 4.35. The fraction of sp³-hybridized carbons (Fsp3) is 0.133. The summed E-state index contributed by atoms with van der Waals surface area (Å²) < 4.78 is 4.60. The van der Waals surface area contributed by atoms with E-state index in [1.807, 2.05) is 36.4 Å². The highest BCUT2D eigenvalue weighted by Gasteiger charge is 2.07. The van der Waals surface area contributed by atoms with Crippen LogP contribution in [0, 0.1) is 0 Å². The van der Waals surface area contributed by atoms with Gasteiger partial charge in [-0.05, 0) is 24.3 Å². The molecule has 2 aromatic heterocycles. The fourth-order valence-corrected chi connectivity index (χ4v) is 2.56. The number of fused-ring (bicyclic) bond motifs is 1. The molecule has 0 aliphatic carbocycles. The number of thioether (sulfide) groups is 1. The lowest BCUT2D eigenvalue weighted by atomic mass is 10.3. The van der Waals surface area contributed by atoms with Crippen molar-refractivity contribution in [3.63, 3.8) is 0 Å². The van der Waals surface area contributed by atoms with E-state index in [-0.39, 0.29) is 11.7 Å². The highest BCUT2D eigenvalue weighted by Crippen LogP contribution is 2.22. The molecule has 0 aliphatic heterocycles. The number of methoxy groups -OCH3 is 1. The molecule has 106 valence electrons. The molecule has 0 radical (unpaired) electrons. The second kappa shape index (κ2) is 5.97. The van der Waals surface area contributed by atoms with Crippen molar-refractivity contribution < 1.29 is 9.53 Å². The summed E-state index contributed by atoms with van der Waals surface area (Å²) in [5, 5.41) is 0.778. The third kappa shape index (κ3) is 3.05. The van der Waals surface area contributed by atoms with E-state index in [4.69, 9.17) is 0 Å². The number of para-hydroxylation sites is 2. The third-order valence-electron chi connectivity index (χ3n) is 2.96. The lowest BCUT2D eigenvalue weighted by molar-refractivity contribution is -0.137. The van der Waals surface area contributed by atoms with E-state index in [1.165, 1.54) is 18.9 Å². The van der Waals surface area contributed by atoms with Gasteiger partial charge in [0, 0.05) is 11.8 Å². The minimum absolute atomic E-state index is 0.257. The van der Waals surface area contributed by atoms with Crippen molar-refractivity contribution in [2.45, 2.75) is 5.03 Å². The number of ether oxygens (including phenoxy) is 1. The molecule has 3 rings (SSSR count). The first kappa shape index (κ1) is 13.6. The molecule has 0 bridgehead atoms. The van der Waals surface area contributed by atoms with Crippen LogP contribution in [0.3, 0.4) is 0 Å². The van der Waals surface area contributed by atoms with Crippen LogP contribution in [0.1, 0.15) is 0 Å². The van der Waals surface area contributed by atoms with Crippen LogP contribution in [0.15, 0.2) is 47.6 Å². The van der Waals surface area contributed by atoms with E-state index in [0.717, 1.165) is 27.4 Å². The van der Waals surface area contributed by atoms with Gasteiger partial charge in [-0.15, -0.1) is 0 Å². The van der Waals surface area contributed by atoms with Gasteiger partial charge >= 0.3 is 5.97 Å². The van der Waals surface area contributed by atoms with Crippen LogP contribution in [0.4, 0.5) is 0 Å². The number of esters is 1. The van der Waals surface area contributed by atoms with Crippen LogP contribution >= 0.6 is 11.8 Å². The molecule has 0 amide bonds. The first-order valence-corrected chi connectivity index (χ1v) is 7.35. The van der Waals surface area contributed by atoms with Gasteiger partial charge in [-0.2, -0.15) is 0 Å². The average Bonchev–Trinajstić information content (AvgIpc) is 2.97. The predicted molar refractivity (Wildman–Crippen MR) is 82.1 cm³/mol. The number of carbonyl (C=O) groups is 1. The maximum atomic E-state index is 11.1. The van der Waals surface area contributed by atoms with Crippen LogP contribution in [0.5, 0.6) is 0 Å². The predicted octanol–water partition coefficient (Wildman–Crippen LogP) is 2.89. The van der Waals surface area contributed by atoms with Gasteiger partial charge < -0.3 is 9.72 Å². The Morgan fingerprint density at radius 2 is 2.14 bits per heavy atom. The molecule has 1 N–H and O–H groups in total. The maximum absolute atomic E-state index is 11.1. The van der Waals surface area contributed by atoms with Crippen molar-refractivity contribution in [2.24, 2.45) is 0 Å². The number of nitrogens with zero attached hydrogens (tertiary/aromatic N) is 2. The number of benzene rings is 1. The quantitative estimate of drug-likeness (QED) is 0.592. The monoisotopic (exact) mass is 299 g/mol. The average molecular weight is 299 g/mol. The van der Waals surface area contributed by atoms with Gasteiger partial charge in [0.15, 0.2) is 0 Å². The number of hydrogen-bond donors (Lipinski definition) is 1. The second-order valence-corrected chi connectivity index (χ2v) is 5.35. The van der Waals surface area contributed by atoms with E-state index in [0.29, 0.717) is 0 Å². The molecule has 5 nitrogen and oxygen atoms in total. The Kier molecular flexibility index (Phi) is 3.87. The molecule has 0 saturated heterocycles. The minimum atomic E-state index is -0.261. The van der Waals surface area contributed by atoms with Gasteiger partial charge in [-0.1, -0.05) is 23.9 Å². The van der Waals surface area contributed by atoms with Crippen molar-refractivity contribution in [1.29, 1.82) is 0 Å². The summed E-state index contributed by atoms with van der Waals surface area (Å²) in [7, 11) is 1.38. The first-order chi connectivity index (χ1) is 10.3. The lowest BCUT2D eigenvalue weighted by Crippen LogP contribution is -2.03. The molecule has 3 aromatic rings. The standard InChI is InChI=1S/C15H13N3O2S/c1-20-14(19)9-21-13-7-6-10(8-16-13)15-17-11-4-2-3-5-12(11)18-15/h2-8H,9H2,1H3,(H,17,18). The van der Waals surface area contributed by atoms with Crippen LogP contribution in [-0.2, 0) is 9.53 Å². The number of nitrogens with one attached hydrogen (secondary N) is 1. The summed E-state index contributed by atoms with van der Waals surface area (Å²) >= 11 is 1.35. The summed E-state index contributed by atoms with van der Waals surface area (Å²) in [6.45, 7) is 0. The topological polar surface area (TPSA) is 67.9 Å². The van der Waals surface area contributed by atoms with Crippen LogP contribution in [-0.4, -0.2) is 33.8 Å². The Morgan fingerprint density at radius 1 is 1.29 bits per heavy atom. The summed E-state index contributed by atoms with van der Waals surface area (Å²) in [6.07, 6.45) is 1.75. The van der Waals surface area contributed by atoms with E-state index >= 15 is 0 Å². The van der Waals surface area contributed by atoms with E-state index < -0.39 is 0 Å². The Balaban J connectivity index is 1.78. The Hall–Kier alpha value is -2.34. The third-order valence-corrected chi connectivity index (χ3v) is 3.88. The summed E-state index contributed by atoms with van der Waals surface area (Å²) in [6, 6.07) is 11.7. The lowest BCUT2D eigenvalue weighted by Gasteiger charge is -2.01. The van der Waals surface area contributed by atoms with Crippen LogP contribution < -0.4 is 0 Å². The van der Waals surface area contributed by atoms with Gasteiger partial charge in [-0.3, -0.25) is 4.79 Å². The van der Waals surface area contributed by atoms with E-state index in [1.54, 1.807) is 6.20 Å². The van der Waals surface area contributed by atoms with Gasteiger partial charge in [-0.25, -0.2) is 9.97 Å². The normalized spacial score (nSPS) is 10.7. The van der Waals surface area contributed by atoms with E-state index in [9.17, 15) is 4.79 Å². The highest BCUT2D eigenvalue weighted by atomic mass is 32.2. The molecule has 6 heteroatoms. The SMILES string of the molecule is COC(=O)CSc1ccc(-c2nc3ccccc3[nH]2)cn1. The number of aromatic amines is 1. The molecule has 0 unspecified atom stereocenters. The summed E-state index contributed by atoms with van der Waals surface area (Å²) in [5.41, 5.74) is 2.84. The largest absolute Gasteiger partial charge is 0.468 e. The highest BCUT2D eigenvalue weighted by molar-refractivity contribution is 7.99. The molecular formula is C15H13N3O2S. The summed E-state index contributed by atoms with van der Waals surface area (Å²) in [5.74, 6) is 0.782. The van der Waals surface area contributed by atoms with Gasteiger partial charge in [0.1, 0.15) is 5.82 Å². The Morgan fingerprint density at radius 3 is 2.86 bits per heavy atom. The van der Waals surface area contributed by atoms with Gasteiger partial charge in [0.05, 0.1) is 28.9 Å². The van der Waals surface area contributed by atoms with Gasteiger partial charge in [0.2, 0.25) is 0 Å². The van der Waals surface area contributed by atoms with Crippen LogP contribution in [0.25, 0.3) is 22.4 Å². The molecule has 21 heavy (non-hydrogen) atoms. The molecule has 2 heterocycles. The number of H-pyrrole nitrogens is 1. The molecule has 0 saturated carbocycles.